The fourth-order valence-electron chi connectivity index (χ4n) is 3.49. The summed E-state index contributed by atoms with van der Waals surface area (Å²) in [5.41, 5.74) is 2.28. The second-order valence-electron chi connectivity index (χ2n) is 6.98. The number of ether oxygens (including phenoxy) is 1. The van der Waals surface area contributed by atoms with Gasteiger partial charge in [0.25, 0.3) is 0 Å². The van der Waals surface area contributed by atoms with Crippen LogP contribution in [0.2, 0.25) is 5.02 Å². The lowest BCUT2D eigenvalue weighted by Crippen LogP contribution is -2.40. The minimum absolute atomic E-state index is 0.0932. The van der Waals surface area contributed by atoms with E-state index < -0.39 is 0 Å². The van der Waals surface area contributed by atoms with Crippen LogP contribution in [0, 0.1) is 5.92 Å². The van der Waals surface area contributed by atoms with E-state index in [2.05, 4.69) is 16.3 Å². The highest BCUT2D eigenvalue weighted by atomic mass is 35.5. The van der Waals surface area contributed by atoms with Crippen LogP contribution >= 0.6 is 11.6 Å². The van der Waals surface area contributed by atoms with Crippen molar-refractivity contribution in [2.75, 3.05) is 19.7 Å². The average molecular weight is 387 g/mol. The third kappa shape index (κ3) is 5.98. The molecule has 0 aliphatic carbocycles. The Labute approximate surface area is 166 Å². The van der Waals surface area contributed by atoms with Gasteiger partial charge in [0.1, 0.15) is 5.75 Å². The SMILES string of the molecule is CCOc1cccc(CNC(=O)C2CCN(Cc3cccc(Cl)c3)CC2)c1. The van der Waals surface area contributed by atoms with Crippen LogP contribution in [0.3, 0.4) is 0 Å². The summed E-state index contributed by atoms with van der Waals surface area (Å²) in [6.07, 6.45) is 1.79. The van der Waals surface area contributed by atoms with Gasteiger partial charge in [-0.25, -0.2) is 0 Å². The highest BCUT2D eigenvalue weighted by molar-refractivity contribution is 6.30. The molecule has 5 heteroatoms. The molecule has 0 aromatic heterocycles. The third-order valence-corrected chi connectivity index (χ3v) is 5.16. The van der Waals surface area contributed by atoms with Crippen LogP contribution in [0.15, 0.2) is 48.5 Å². The fraction of sp³-hybridized carbons (Fsp3) is 0.409. The van der Waals surface area contributed by atoms with Gasteiger partial charge in [0, 0.05) is 24.0 Å². The zero-order chi connectivity index (χ0) is 19.1. The molecule has 1 aliphatic rings. The van der Waals surface area contributed by atoms with Crippen LogP contribution in [-0.2, 0) is 17.9 Å². The lowest BCUT2D eigenvalue weighted by Gasteiger charge is -2.31. The first-order valence-electron chi connectivity index (χ1n) is 9.60. The molecular weight excluding hydrogens is 360 g/mol. The number of piperidine rings is 1. The summed E-state index contributed by atoms with van der Waals surface area (Å²) in [6, 6.07) is 15.9. The zero-order valence-corrected chi connectivity index (χ0v) is 16.5. The standard InChI is InChI=1S/C22H27ClN2O2/c1-2-27-21-8-4-5-17(14-21)15-24-22(26)19-9-11-25(12-10-19)16-18-6-3-7-20(23)13-18/h3-8,13-14,19H,2,9-12,15-16H2,1H3,(H,24,26). The Morgan fingerprint density at radius 3 is 2.63 bits per heavy atom. The normalized spacial score (nSPS) is 15.5. The van der Waals surface area contributed by atoms with E-state index in [4.69, 9.17) is 16.3 Å². The summed E-state index contributed by atoms with van der Waals surface area (Å²) < 4.78 is 5.51. The number of amides is 1. The van der Waals surface area contributed by atoms with Crippen molar-refractivity contribution in [3.63, 3.8) is 0 Å². The quantitative estimate of drug-likeness (QED) is 0.772. The molecule has 0 atom stereocenters. The van der Waals surface area contributed by atoms with E-state index in [0.29, 0.717) is 13.2 Å². The first-order chi connectivity index (χ1) is 13.1. The van der Waals surface area contributed by atoms with Crippen molar-refractivity contribution < 1.29 is 9.53 Å². The van der Waals surface area contributed by atoms with E-state index in [1.165, 1.54) is 5.56 Å². The molecular formula is C22H27ClN2O2. The number of hydrogen-bond donors (Lipinski definition) is 1. The van der Waals surface area contributed by atoms with Gasteiger partial charge in [-0.2, -0.15) is 0 Å². The Kier molecular flexibility index (Phi) is 7.13. The topological polar surface area (TPSA) is 41.6 Å². The molecule has 1 amide bonds. The monoisotopic (exact) mass is 386 g/mol. The number of nitrogens with zero attached hydrogens (tertiary/aromatic N) is 1. The van der Waals surface area contributed by atoms with Crippen LogP contribution in [0.5, 0.6) is 5.75 Å². The molecule has 0 radical (unpaired) electrons. The summed E-state index contributed by atoms with van der Waals surface area (Å²) in [5.74, 6) is 1.09. The van der Waals surface area contributed by atoms with E-state index in [1.54, 1.807) is 0 Å². The summed E-state index contributed by atoms with van der Waals surface area (Å²) in [5, 5.41) is 3.85. The van der Waals surface area contributed by atoms with E-state index in [1.807, 2.05) is 49.4 Å². The molecule has 1 aliphatic heterocycles. The van der Waals surface area contributed by atoms with Crippen LogP contribution in [0.4, 0.5) is 0 Å². The first kappa shape index (κ1) is 19.7. The lowest BCUT2D eigenvalue weighted by molar-refractivity contribution is -0.126. The van der Waals surface area contributed by atoms with Crippen molar-refractivity contribution in [1.82, 2.24) is 10.2 Å². The minimum Gasteiger partial charge on any atom is -0.494 e. The highest BCUT2D eigenvalue weighted by Crippen LogP contribution is 2.21. The van der Waals surface area contributed by atoms with Crippen LogP contribution in [0.25, 0.3) is 0 Å². The molecule has 0 spiro atoms. The van der Waals surface area contributed by atoms with Crippen molar-refractivity contribution in [3.8, 4) is 5.75 Å². The summed E-state index contributed by atoms with van der Waals surface area (Å²) >= 11 is 6.06. The number of carbonyl (C=O) groups is 1. The second kappa shape index (κ2) is 9.77. The predicted molar refractivity (Wildman–Crippen MR) is 109 cm³/mol. The summed E-state index contributed by atoms with van der Waals surface area (Å²) in [6.45, 7) is 5.91. The number of nitrogens with one attached hydrogen (secondary N) is 1. The average Bonchev–Trinajstić information content (AvgIpc) is 2.67. The second-order valence-corrected chi connectivity index (χ2v) is 7.41. The smallest absolute Gasteiger partial charge is 0.223 e. The summed E-state index contributed by atoms with van der Waals surface area (Å²) in [4.78, 5) is 14.9. The van der Waals surface area contributed by atoms with E-state index in [0.717, 1.165) is 48.8 Å². The molecule has 1 heterocycles. The largest absolute Gasteiger partial charge is 0.494 e. The van der Waals surface area contributed by atoms with E-state index in [9.17, 15) is 4.79 Å². The van der Waals surface area contributed by atoms with Gasteiger partial charge in [-0.1, -0.05) is 35.9 Å². The zero-order valence-electron chi connectivity index (χ0n) is 15.8. The summed E-state index contributed by atoms with van der Waals surface area (Å²) in [7, 11) is 0. The van der Waals surface area contributed by atoms with Crippen molar-refractivity contribution >= 4 is 17.5 Å². The van der Waals surface area contributed by atoms with E-state index >= 15 is 0 Å². The number of benzene rings is 2. The number of hydrogen-bond acceptors (Lipinski definition) is 3. The molecule has 2 aromatic carbocycles. The maximum absolute atomic E-state index is 12.5. The molecule has 1 fully saturated rings. The van der Waals surface area contributed by atoms with Gasteiger partial charge in [-0.05, 0) is 68.2 Å². The van der Waals surface area contributed by atoms with Crippen molar-refractivity contribution in [2.24, 2.45) is 5.92 Å². The maximum Gasteiger partial charge on any atom is 0.223 e. The highest BCUT2D eigenvalue weighted by Gasteiger charge is 2.24. The molecule has 1 saturated heterocycles. The Bertz CT molecular complexity index is 757. The van der Waals surface area contributed by atoms with Gasteiger partial charge in [0.15, 0.2) is 0 Å². The first-order valence-corrected chi connectivity index (χ1v) is 9.98. The molecule has 0 saturated carbocycles. The van der Waals surface area contributed by atoms with Crippen molar-refractivity contribution in [2.45, 2.75) is 32.9 Å². The Hall–Kier alpha value is -2.04. The Balaban J connectivity index is 1.44. The van der Waals surface area contributed by atoms with Gasteiger partial charge < -0.3 is 10.1 Å². The molecule has 0 unspecified atom stereocenters. The van der Waals surface area contributed by atoms with Crippen LogP contribution < -0.4 is 10.1 Å². The predicted octanol–water partition coefficient (Wildman–Crippen LogP) is 4.27. The third-order valence-electron chi connectivity index (χ3n) is 4.93. The van der Waals surface area contributed by atoms with Crippen molar-refractivity contribution in [3.05, 3.63) is 64.7 Å². The lowest BCUT2D eigenvalue weighted by atomic mass is 9.95. The maximum atomic E-state index is 12.5. The number of likely N-dealkylation sites (tertiary alicyclic amines) is 1. The number of rotatable bonds is 7. The molecule has 144 valence electrons. The number of carbonyl (C=O) groups excluding carboxylic acids is 1. The van der Waals surface area contributed by atoms with Crippen molar-refractivity contribution in [1.29, 1.82) is 0 Å². The fourth-order valence-corrected chi connectivity index (χ4v) is 3.71. The van der Waals surface area contributed by atoms with Gasteiger partial charge in [0.05, 0.1) is 6.61 Å². The minimum atomic E-state index is 0.0932. The molecule has 0 bridgehead atoms. The van der Waals surface area contributed by atoms with Crippen LogP contribution in [-0.4, -0.2) is 30.5 Å². The number of halogens is 1. The molecule has 2 aromatic rings. The van der Waals surface area contributed by atoms with E-state index in [-0.39, 0.29) is 11.8 Å². The molecule has 27 heavy (non-hydrogen) atoms. The Morgan fingerprint density at radius 1 is 1.15 bits per heavy atom. The molecule has 3 rings (SSSR count). The molecule has 4 nitrogen and oxygen atoms in total. The van der Waals surface area contributed by atoms with Gasteiger partial charge in [-0.15, -0.1) is 0 Å². The van der Waals surface area contributed by atoms with Crippen LogP contribution in [0.1, 0.15) is 30.9 Å². The van der Waals surface area contributed by atoms with Gasteiger partial charge in [0.2, 0.25) is 5.91 Å². The van der Waals surface area contributed by atoms with Gasteiger partial charge in [-0.3, -0.25) is 9.69 Å². The molecule has 1 N–H and O–H groups in total. The van der Waals surface area contributed by atoms with Gasteiger partial charge >= 0.3 is 0 Å². The Morgan fingerprint density at radius 2 is 1.89 bits per heavy atom.